The average molecular weight is 184 g/mol. The summed E-state index contributed by atoms with van der Waals surface area (Å²) in [5.41, 5.74) is 2.20. The van der Waals surface area contributed by atoms with Crippen LogP contribution in [0, 0.1) is 0 Å². The molecule has 2 heterocycles. The number of allylic oxidation sites excluding steroid dienone is 1. The second kappa shape index (κ2) is 2.52. The van der Waals surface area contributed by atoms with Gasteiger partial charge in [0, 0.05) is 32.4 Å². The van der Waals surface area contributed by atoms with Crippen molar-refractivity contribution in [3.05, 3.63) is 23.5 Å². The highest BCUT2D eigenvalue weighted by molar-refractivity contribution is 6.70. The molecule has 3 nitrogen and oxygen atoms in total. The maximum absolute atomic E-state index is 5.95. The van der Waals surface area contributed by atoms with Gasteiger partial charge in [-0.3, -0.25) is 5.01 Å². The summed E-state index contributed by atoms with van der Waals surface area (Å²) in [4.78, 5) is 2.14. The maximum atomic E-state index is 5.95. The quantitative estimate of drug-likeness (QED) is 0.562. The van der Waals surface area contributed by atoms with E-state index >= 15 is 0 Å². The van der Waals surface area contributed by atoms with Crippen LogP contribution in [0.3, 0.4) is 0 Å². The molecule has 0 N–H and O–H groups in total. The number of hydrogen-bond donors (Lipinski definition) is 0. The lowest BCUT2D eigenvalue weighted by Gasteiger charge is -2.21. The van der Waals surface area contributed by atoms with Crippen LogP contribution in [0.15, 0.2) is 28.6 Å². The van der Waals surface area contributed by atoms with Crippen molar-refractivity contribution in [2.45, 2.75) is 0 Å². The molecule has 2 rings (SSSR count). The zero-order valence-electron chi connectivity index (χ0n) is 7.08. The highest BCUT2D eigenvalue weighted by atomic mass is 35.5. The van der Waals surface area contributed by atoms with Crippen molar-refractivity contribution in [1.82, 2.24) is 9.91 Å². The fourth-order valence-corrected chi connectivity index (χ4v) is 1.69. The Labute approximate surface area is 76.6 Å². The minimum Gasteiger partial charge on any atom is -0.369 e. The molecule has 0 aliphatic carbocycles. The van der Waals surface area contributed by atoms with E-state index in [9.17, 15) is 0 Å². The van der Waals surface area contributed by atoms with Gasteiger partial charge in [-0.15, -0.1) is 0 Å². The van der Waals surface area contributed by atoms with Crippen LogP contribution < -0.4 is 0 Å². The lowest BCUT2D eigenvalue weighted by atomic mass is 10.2. The van der Waals surface area contributed by atoms with Crippen LogP contribution in [-0.2, 0) is 0 Å². The van der Waals surface area contributed by atoms with Crippen molar-refractivity contribution in [2.24, 2.45) is 5.10 Å². The SMILES string of the molecule is CN1C=C2C(=CCN2C)C(Cl)=N1. The van der Waals surface area contributed by atoms with E-state index in [0.29, 0.717) is 5.17 Å². The predicted octanol–water partition coefficient (Wildman–Crippen LogP) is 1.20. The molecule has 0 spiro atoms. The van der Waals surface area contributed by atoms with Gasteiger partial charge in [0.05, 0.1) is 5.70 Å². The van der Waals surface area contributed by atoms with Crippen molar-refractivity contribution in [1.29, 1.82) is 0 Å². The third-order valence-corrected chi connectivity index (χ3v) is 2.31. The van der Waals surface area contributed by atoms with Gasteiger partial charge in [-0.2, -0.15) is 5.10 Å². The van der Waals surface area contributed by atoms with E-state index < -0.39 is 0 Å². The first kappa shape index (κ1) is 7.68. The number of fused-ring (bicyclic) bond motifs is 1. The van der Waals surface area contributed by atoms with Crippen LogP contribution in [0.4, 0.5) is 0 Å². The van der Waals surface area contributed by atoms with Gasteiger partial charge in [-0.05, 0) is 0 Å². The first-order valence-corrected chi connectivity index (χ1v) is 4.17. The Morgan fingerprint density at radius 3 is 3.00 bits per heavy atom. The zero-order chi connectivity index (χ0) is 8.72. The molecule has 0 radical (unpaired) electrons. The fourth-order valence-electron chi connectivity index (χ4n) is 1.39. The number of halogens is 1. The molecule has 0 amide bonds. The van der Waals surface area contributed by atoms with E-state index in [-0.39, 0.29) is 0 Å². The van der Waals surface area contributed by atoms with Crippen LogP contribution >= 0.6 is 11.6 Å². The summed E-state index contributed by atoms with van der Waals surface area (Å²) in [5.74, 6) is 0. The van der Waals surface area contributed by atoms with Crippen LogP contribution in [-0.4, -0.2) is 35.7 Å². The Kier molecular flexibility index (Phi) is 1.61. The fraction of sp³-hybridized carbons (Fsp3) is 0.375. The van der Waals surface area contributed by atoms with E-state index in [1.165, 1.54) is 0 Å². The molecule has 2 aliphatic rings. The molecule has 0 aromatic rings. The topological polar surface area (TPSA) is 18.8 Å². The average Bonchev–Trinajstić information content (AvgIpc) is 2.33. The second-order valence-corrected chi connectivity index (χ2v) is 3.34. The summed E-state index contributed by atoms with van der Waals surface area (Å²) in [6, 6.07) is 0. The summed E-state index contributed by atoms with van der Waals surface area (Å²) in [6.07, 6.45) is 4.06. The Morgan fingerprint density at radius 1 is 1.50 bits per heavy atom. The highest BCUT2D eigenvalue weighted by Gasteiger charge is 2.23. The summed E-state index contributed by atoms with van der Waals surface area (Å²) in [5, 5.41) is 6.42. The van der Waals surface area contributed by atoms with E-state index in [2.05, 4.69) is 16.1 Å². The molecule has 0 unspecified atom stereocenters. The van der Waals surface area contributed by atoms with E-state index in [1.807, 2.05) is 20.3 Å². The standard InChI is InChI=1S/C8H10ClN3/c1-11-4-3-6-7(11)5-12(2)10-8(6)9/h3,5H,4H2,1-2H3. The molecule has 0 saturated heterocycles. The van der Waals surface area contributed by atoms with Gasteiger partial charge in [-0.25, -0.2) is 0 Å². The molecular formula is C8H10ClN3. The maximum Gasteiger partial charge on any atom is 0.158 e. The minimum atomic E-state index is 0.583. The Bertz CT molecular complexity index is 303. The Morgan fingerprint density at radius 2 is 2.25 bits per heavy atom. The molecule has 64 valence electrons. The Hall–Kier alpha value is -0.960. The smallest absolute Gasteiger partial charge is 0.158 e. The van der Waals surface area contributed by atoms with Gasteiger partial charge in [0.1, 0.15) is 0 Å². The van der Waals surface area contributed by atoms with Crippen molar-refractivity contribution < 1.29 is 0 Å². The van der Waals surface area contributed by atoms with Gasteiger partial charge < -0.3 is 4.90 Å². The molecule has 0 bridgehead atoms. The number of hydrogen-bond acceptors (Lipinski definition) is 3. The third-order valence-electron chi connectivity index (χ3n) is 2.03. The first-order chi connectivity index (χ1) is 5.68. The van der Waals surface area contributed by atoms with Crippen molar-refractivity contribution >= 4 is 16.8 Å². The molecule has 0 aromatic carbocycles. The predicted molar refractivity (Wildman–Crippen MR) is 49.8 cm³/mol. The molecule has 0 saturated carbocycles. The number of rotatable bonds is 0. The molecule has 12 heavy (non-hydrogen) atoms. The normalized spacial score (nSPS) is 21.8. The Balaban J connectivity index is 2.40. The summed E-state index contributed by atoms with van der Waals surface area (Å²) in [6.45, 7) is 0.917. The molecule has 0 atom stereocenters. The van der Waals surface area contributed by atoms with Crippen LogP contribution in [0.5, 0.6) is 0 Å². The van der Waals surface area contributed by atoms with Gasteiger partial charge in [0.25, 0.3) is 0 Å². The van der Waals surface area contributed by atoms with E-state index in [1.54, 1.807) is 5.01 Å². The number of hydrazone groups is 1. The van der Waals surface area contributed by atoms with Gasteiger partial charge in [-0.1, -0.05) is 17.7 Å². The zero-order valence-corrected chi connectivity index (χ0v) is 7.84. The van der Waals surface area contributed by atoms with Gasteiger partial charge in [0.2, 0.25) is 0 Å². The lowest BCUT2D eigenvalue weighted by Crippen LogP contribution is -2.20. The summed E-state index contributed by atoms with van der Waals surface area (Å²) in [7, 11) is 3.91. The number of likely N-dealkylation sites (N-methyl/N-ethyl adjacent to an activating group) is 1. The molecule has 2 aliphatic heterocycles. The van der Waals surface area contributed by atoms with E-state index in [4.69, 9.17) is 11.6 Å². The lowest BCUT2D eigenvalue weighted by molar-refractivity contribution is 0.436. The summed E-state index contributed by atoms with van der Waals surface area (Å²) < 4.78 is 0. The summed E-state index contributed by atoms with van der Waals surface area (Å²) >= 11 is 5.95. The van der Waals surface area contributed by atoms with Crippen LogP contribution in [0.1, 0.15) is 0 Å². The van der Waals surface area contributed by atoms with Crippen molar-refractivity contribution in [3.63, 3.8) is 0 Å². The van der Waals surface area contributed by atoms with Crippen molar-refractivity contribution in [3.8, 4) is 0 Å². The third kappa shape index (κ3) is 1.01. The van der Waals surface area contributed by atoms with Crippen LogP contribution in [0.2, 0.25) is 0 Å². The largest absolute Gasteiger partial charge is 0.369 e. The van der Waals surface area contributed by atoms with Gasteiger partial charge in [0.15, 0.2) is 5.17 Å². The molecule has 0 aromatic heterocycles. The molecular weight excluding hydrogens is 174 g/mol. The highest BCUT2D eigenvalue weighted by Crippen LogP contribution is 2.27. The van der Waals surface area contributed by atoms with Crippen molar-refractivity contribution in [2.75, 3.05) is 20.6 Å². The van der Waals surface area contributed by atoms with Crippen LogP contribution in [0.25, 0.3) is 0 Å². The van der Waals surface area contributed by atoms with E-state index in [0.717, 1.165) is 17.8 Å². The molecule has 0 fully saturated rings. The van der Waals surface area contributed by atoms with Gasteiger partial charge >= 0.3 is 0 Å². The minimum absolute atomic E-state index is 0.583. The number of nitrogens with zero attached hydrogens (tertiary/aromatic N) is 3. The molecule has 4 heteroatoms. The first-order valence-electron chi connectivity index (χ1n) is 3.79. The second-order valence-electron chi connectivity index (χ2n) is 2.98. The monoisotopic (exact) mass is 183 g/mol.